The van der Waals surface area contributed by atoms with Gasteiger partial charge in [-0.15, -0.1) is 0 Å². The topological polar surface area (TPSA) is 91.5 Å². The number of nitrogens with one attached hydrogen (secondary N) is 4. The van der Waals surface area contributed by atoms with Crippen LogP contribution in [0, 0.1) is 6.92 Å². The highest BCUT2D eigenvalue weighted by atomic mass is 79.9. The highest BCUT2D eigenvalue weighted by Gasteiger charge is 2.08. The predicted octanol–water partition coefficient (Wildman–Crippen LogP) is 2.86. The summed E-state index contributed by atoms with van der Waals surface area (Å²) < 4.78 is 6.37. The average molecular weight is 437 g/mol. The smallest absolute Gasteiger partial charge is 0.337 e. The molecule has 0 aliphatic rings. The first kappa shape index (κ1) is 19.7. The number of anilines is 1. The van der Waals surface area contributed by atoms with Crippen LogP contribution < -0.4 is 26.2 Å². The molecule has 2 aromatic carbocycles. The standard InChI is InChI=1S/C17H17BrN4O3S/c1-11-9-12(18)7-8-14(11)25-10-15(23)20-17(26)22-21-16(24)19-13-5-3-2-4-6-13/h2-9H,10H2,1H3,(H2,19,21,24)(H2,20,22,23,26). The molecule has 2 rings (SSSR count). The first-order chi connectivity index (χ1) is 12.4. The highest BCUT2D eigenvalue weighted by Crippen LogP contribution is 2.21. The van der Waals surface area contributed by atoms with E-state index in [0.717, 1.165) is 10.0 Å². The number of halogens is 1. The van der Waals surface area contributed by atoms with Gasteiger partial charge in [0.05, 0.1) is 0 Å². The van der Waals surface area contributed by atoms with Gasteiger partial charge in [0.15, 0.2) is 11.7 Å². The number of ether oxygens (including phenoxy) is 1. The van der Waals surface area contributed by atoms with Crippen molar-refractivity contribution in [1.82, 2.24) is 16.2 Å². The van der Waals surface area contributed by atoms with E-state index in [1.165, 1.54) is 0 Å². The van der Waals surface area contributed by atoms with E-state index in [-0.39, 0.29) is 11.7 Å². The van der Waals surface area contributed by atoms with Crippen LogP contribution in [-0.4, -0.2) is 23.7 Å². The van der Waals surface area contributed by atoms with Crippen LogP contribution in [0.25, 0.3) is 0 Å². The van der Waals surface area contributed by atoms with Gasteiger partial charge in [-0.05, 0) is 55.0 Å². The predicted molar refractivity (Wildman–Crippen MR) is 107 cm³/mol. The number of amides is 3. The van der Waals surface area contributed by atoms with Gasteiger partial charge in [-0.25, -0.2) is 10.2 Å². The zero-order valence-electron chi connectivity index (χ0n) is 13.8. The van der Waals surface area contributed by atoms with Crippen LogP contribution >= 0.6 is 28.1 Å². The van der Waals surface area contributed by atoms with Gasteiger partial charge in [-0.1, -0.05) is 34.1 Å². The molecule has 7 nitrogen and oxygen atoms in total. The molecule has 0 aliphatic heterocycles. The molecule has 3 amide bonds. The molecule has 0 aromatic heterocycles. The molecule has 0 unspecified atom stereocenters. The molecule has 0 bridgehead atoms. The Kier molecular flexibility index (Phi) is 7.37. The summed E-state index contributed by atoms with van der Waals surface area (Å²) in [6, 6.07) is 13.8. The number of hydrogen-bond donors (Lipinski definition) is 4. The molecule has 0 aliphatic carbocycles. The molecule has 9 heteroatoms. The molecule has 0 saturated heterocycles. The van der Waals surface area contributed by atoms with Crippen molar-refractivity contribution in [1.29, 1.82) is 0 Å². The molecule has 0 heterocycles. The lowest BCUT2D eigenvalue weighted by Gasteiger charge is -2.12. The van der Waals surface area contributed by atoms with Crippen molar-refractivity contribution in [2.24, 2.45) is 0 Å². The summed E-state index contributed by atoms with van der Waals surface area (Å²) in [6.45, 7) is 1.67. The van der Waals surface area contributed by atoms with E-state index in [4.69, 9.17) is 17.0 Å². The lowest BCUT2D eigenvalue weighted by atomic mass is 10.2. The van der Waals surface area contributed by atoms with E-state index >= 15 is 0 Å². The molecule has 4 N–H and O–H groups in total. The van der Waals surface area contributed by atoms with E-state index in [0.29, 0.717) is 11.4 Å². The largest absolute Gasteiger partial charge is 0.483 e. The number of para-hydroxylation sites is 1. The third-order valence-corrected chi connectivity index (χ3v) is 3.77. The van der Waals surface area contributed by atoms with Gasteiger partial charge in [0.2, 0.25) is 0 Å². The minimum Gasteiger partial charge on any atom is -0.483 e. The Morgan fingerprint density at radius 1 is 1.12 bits per heavy atom. The quantitative estimate of drug-likeness (QED) is 0.436. The Labute approximate surface area is 164 Å². The van der Waals surface area contributed by atoms with E-state index in [9.17, 15) is 9.59 Å². The van der Waals surface area contributed by atoms with E-state index < -0.39 is 11.9 Å². The summed E-state index contributed by atoms with van der Waals surface area (Å²) in [5.74, 6) is 0.151. The normalized spacial score (nSPS) is 9.77. The fraction of sp³-hybridized carbons (Fsp3) is 0.118. The van der Waals surface area contributed by atoms with E-state index in [1.54, 1.807) is 30.3 Å². The molecule has 136 valence electrons. The lowest BCUT2D eigenvalue weighted by Crippen LogP contribution is -2.50. The molecule has 2 aromatic rings. The third-order valence-electron chi connectivity index (χ3n) is 3.07. The van der Waals surface area contributed by atoms with Crippen molar-refractivity contribution < 1.29 is 14.3 Å². The summed E-state index contributed by atoms with van der Waals surface area (Å²) in [4.78, 5) is 23.5. The molecular weight excluding hydrogens is 420 g/mol. The highest BCUT2D eigenvalue weighted by molar-refractivity contribution is 9.10. The van der Waals surface area contributed by atoms with Crippen LogP contribution in [0.2, 0.25) is 0 Å². The second-order valence-electron chi connectivity index (χ2n) is 5.15. The number of rotatable bonds is 4. The number of benzene rings is 2. The minimum atomic E-state index is -0.519. The number of thiocarbonyl (C=S) groups is 1. The van der Waals surface area contributed by atoms with Crippen molar-refractivity contribution in [2.45, 2.75) is 6.92 Å². The average Bonchev–Trinajstić information content (AvgIpc) is 2.60. The van der Waals surface area contributed by atoms with Crippen LogP contribution in [0.5, 0.6) is 5.75 Å². The van der Waals surface area contributed by atoms with Crippen molar-refractivity contribution >= 4 is 50.9 Å². The summed E-state index contributed by atoms with van der Waals surface area (Å²) in [5.41, 5.74) is 6.27. The zero-order valence-corrected chi connectivity index (χ0v) is 16.2. The number of urea groups is 1. The maximum absolute atomic E-state index is 11.8. The van der Waals surface area contributed by atoms with Gasteiger partial charge in [-0.2, -0.15) is 0 Å². The van der Waals surface area contributed by atoms with Crippen molar-refractivity contribution in [3.05, 3.63) is 58.6 Å². The zero-order chi connectivity index (χ0) is 18.9. The van der Waals surface area contributed by atoms with Crippen LogP contribution in [0.15, 0.2) is 53.0 Å². The lowest BCUT2D eigenvalue weighted by molar-refractivity contribution is -0.121. The summed E-state index contributed by atoms with van der Waals surface area (Å²) >= 11 is 8.30. The van der Waals surface area contributed by atoms with Gasteiger partial charge in [0.25, 0.3) is 5.91 Å². The van der Waals surface area contributed by atoms with Crippen LogP contribution in [0.1, 0.15) is 5.56 Å². The Bertz CT molecular complexity index is 802. The van der Waals surface area contributed by atoms with E-state index in [1.807, 2.05) is 25.1 Å². The second kappa shape index (κ2) is 9.73. The number of hydrazine groups is 1. The Hall–Kier alpha value is -2.65. The van der Waals surface area contributed by atoms with Crippen LogP contribution in [0.3, 0.4) is 0 Å². The number of carbonyl (C=O) groups excluding carboxylic acids is 2. The Morgan fingerprint density at radius 2 is 1.85 bits per heavy atom. The molecule has 0 radical (unpaired) electrons. The number of carbonyl (C=O) groups is 2. The van der Waals surface area contributed by atoms with Crippen molar-refractivity contribution in [3.63, 3.8) is 0 Å². The fourth-order valence-corrected chi connectivity index (χ4v) is 2.55. The third kappa shape index (κ3) is 6.69. The minimum absolute atomic E-state index is 0.0469. The van der Waals surface area contributed by atoms with Gasteiger partial charge < -0.3 is 10.1 Å². The monoisotopic (exact) mass is 436 g/mol. The van der Waals surface area contributed by atoms with Gasteiger partial charge in [0.1, 0.15) is 5.75 Å². The van der Waals surface area contributed by atoms with E-state index in [2.05, 4.69) is 37.4 Å². The first-order valence-electron chi connectivity index (χ1n) is 7.55. The summed E-state index contributed by atoms with van der Waals surface area (Å²) in [5, 5.41) is 4.95. The van der Waals surface area contributed by atoms with Crippen LogP contribution in [-0.2, 0) is 4.79 Å². The Balaban J connectivity index is 1.70. The summed E-state index contributed by atoms with van der Waals surface area (Å²) in [7, 11) is 0. The number of hydrogen-bond acceptors (Lipinski definition) is 4. The second-order valence-corrected chi connectivity index (χ2v) is 6.47. The Morgan fingerprint density at radius 3 is 2.54 bits per heavy atom. The molecule has 0 atom stereocenters. The van der Waals surface area contributed by atoms with Crippen molar-refractivity contribution in [2.75, 3.05) is 11.9 Å². The molecule has 26 heavy (non-hydrogen) atoms. The molecule has 0 saturated carbocycles. The van der Waals surface area contributed by atoms with Crippen LogP contribution in [0.4, 0.5) is 10.5 Å². The molecular formula is C17H17BrN4O3S. The fourth-order valence-electron chi connectivity index (χ4n) is 1.91. The number of aryl methyl sites for hydroxylation is 1. The van der Waals surface area contributed by atoms with Crippen molar-refractivity contribution in [3.8, 4) is 5.75 Å². The summed E-state index contributed by atoms with van der Waals surface area (Å²) in [6.07, 6.45) is 0. The van der Waals surface area contributed by atoms with Gasteiger partial charge in [-0.3, -0.25) is 15.5 Å². The maximum Gasteiger partial charge on any atom is 0.337 e. The molecule has 0 spiro atoms. The molecule has 0 fully saturated rings. The van der Waals surface area contributed by atoms with Gasteiger partial charge in [0, 0.05) is 10.2 Å². The first-order valence-corrected chi connectivity index (χ1v) is 8.75. The maximum atomic E-state index is 11.8. The van der Waals surface area contributed by atoms with Gasteiger partial charge >= 0.3 is 6.03 Å². The SMILES string of the molecule is Cc1cc(Br)ccc1OCC(=O)NC(=S)NNC(=O)Nc1ccccc1.